The van der Waals surface area contributed by atoms with Crippen molar-refractivity contribution < 1.29 is 4.63 Å². The molecular formula is C20H20N2OS2. The molecule has 3 nitrogen and oxygen atoms in total. The van der Waals surface area contributed by atoms with Gasteiger partial charge < -0.3 is 0 Å². The molecule has 3 heterocycles. The van der Waals surface area contributed by atoms with E-state index >= 15 is 0 Å². The highest BCUT2D eigenvalue weighted by Gasteiger charge is 2.21. The smallest absolute Gasteiger partial charge is 0.144 e. The van der Waals surface area contributed by atoms with Crippen LogP contribution in [0.4, 0.5) is 0 Å². The van der Waals surface area contributed by atoms with Crippen molar-refractivity contribution >= 4 is 33.7 Å². The Bertz CT molecular complexity index is 1030. The van der Waals surface area contributed by atoms with Crippen molar-refractivity contribution in [2.75, 3.05) is 0 Å². The van der Waals surface area contributed by atoms with E-state index in [4.69, 9.17) is 4.63 Å². The summed E-state index contributed by atoms with van der Waals surface area (Å²) in [6, 6.07) is 4.34. The molecule has 0 saturated heterocycles. The molecule has 1 aromatic carbocycles. The Kier molecular flexibility index (Phi) is 3.81. The van der Waals surface area contributed by atoms with Crippen LogP contribution in [0.3, 0.4) is 0 Å². The van der Waals surface area contributed by atoms with E-state index in [0.29, 0.717) is 0 Å². The van der Waals surface area contributed by atoms with Crippen LogP contribution in [0.5, 0.6) is 0 Å². The molecule has 4 rings (SSSR count). The molecule has 0 amide bonds. The Balaban J connectivity index is 1.99. The molecule has 0 aliphatic heterocycles. The van der Waals surface area contributed by atoms with Gasteiger partial charge >= 0.3 is 0 Å². The van der Waals surface area contributed by atoms with Crippen LogP contribution in [0.1, 0.15) is 32.0 Å². The van der Waals surface area contributed by atoms with Crippen molar-refractivity contribution in [2.24, 2.45) is 0 Å². The molecule has 25 heavy (non-hydrogen) atoms. The zero-order valence-electron chi connectivity index (χ0n) is 15.3. The highest BCUT2D eigenvalue weighted by Crippen LogP contribution is 2.43. The van der Waals surface area contributed by atoms with Crippen LogP contribution >= 0.6 is 22.7 Å². The van der Waals surface area contributed by atoms with Crippen LogP contribution in [0, 0.1) is 41.5 Å². The average molecular weight is 369 g/mol. The van der Waals surface area contributed by atoms with Gasteiger partial charge in [-0.3, -0.25) is 0 Å². The van der Waals surface area contributed by atoms with Gasteiger partial charge in [0.2, 0.25) is 0 Å². The first-order valence-corrected chi connectivity index (χ1v) is 9.92. The van der Waals surface area contributed by atoms with Crippen LogP contribution in [0.2, 0.25) is 0 Å². The zero-order valence-corrected chi connectivity index (χ0v) is 16.9. The Morgan fingerprint density at radius 2 is 1.04 bits per heavy atom. The van der Waals surface area contributed by atoms with E-state index in [1.807, 2.05) is 22.7 Å². The molecule has 0 unspecified atom stereocenters. The topological polar surface area (TPSA) is 38.9 Å². The Hall–Kier alpha value is -1.98. The zero-order chi connectivity index (χ0) is 17.9. The Labute approximate surface area is 155 Å². The summed E-state index contributed by atoms with van der Waals surface area (Å²) in [6.45, 7) is 13.1. The van der Waals surface area contributed by atoms with Crippen LogP contribution in [0.15, 0.2) is 16.8 Å². The quantitative estimate of drug-likeness (QED) is 0.404. The average Bonchev–Trinajstić information content (AvgIpc) is 3.25. The van der Waals surface area contributed by atoms with Crippen molar-refractivity contribution in [1.82, 2.24) is 10.3 Å². The first kappa shape index (κ1) is 16.5. The lowest BCUT2D eigenvalue weighted by Crippen LogP contribution is -1.86. The first-order valence-electron chi connectivity index (χ1n) is 8.29. The number of hydrogen-bond donors (Lipinski definition) is 0. The predicted molar refractivity (Wildman–Crippen MR) is 107 cm³/mol. The second kappa shape index (κ2) is 5.78. The summed E-state index contributed by atoms with van der Waals surface area (Å²) in [4.78, 5) is 5.22. The number of fused-ring (bicyclic) bond motifs is 1. The highest BCUT2D eigenvalue weighted by atomic mass is 32.1. The van der Waals surface area contributed by atoms with Gasteiger partial charge in [-0.15, -0.1) is 22.7 Å². The van der Waals surface area contributed by atoms with Crippen LogP contribution in [-0.4, -0.2) is 10.3 Å². The number of nitrogens with zero attached hydrogens (tertiary/aromatic N) is 2. The number of aryl methyl sites for hydroxylation is 2. The fourth-order valence-corrected chi connectivity index (χ4v) is 5.61. The molecule has 0 radical (unpaired) electrons. The van der Waals surface area contributed by atoms with Gasteiger partial charge in [0.05, 0.1) is 0 Å². The van der Waals surface area contributed by atoms with Gasteiger partial charge in [-0.05, 0) is 74.1 Å². The van der Waals surface area contributed by atoms with E-state index in [9.17, 15) is 0 Å². The minimum absolute atomic E-state index is 0.852. The molecule has 0 N–H and O–H groups in total. The van der Waals surface area contributed by atoms with Gasteiger partial charge in [-0.25, -0.2) is 4.63 Å². The molecular weight excluding hydrogens is 348 g/mol. The SMILES string of the molecule is Cc1sc(-c2ccc(-c3sc(C)c(C)c3C)c3nonc23)c(C)c1C. The number of aromatic nitrogens is 2. The molecule has 0 spiro atoms. The maximum absolute atomic E-state index is 5.15. The second-order valence-electron chi connectivity index (χ2n) is 6.60. The summed E-state index contributed by atoms with van der Waals surface area (Å²) in [6.07, 6.45) is 0. The summed E-state index contributed by atoms with van der Waals surface area (Å²) in [5, 5.41) is 8.49. The third-order valence-corrected chi connectivity index (χ3v) is 7.96. The van der Waals surface area contributed by atoms with Crippen molar-refractivity contribution in [3.8, 4) is 20.9 Å². The molecule has 128 valence electrons. The lowest BCUT2D eigenvalue weighted by molar-refractivity contribution is 0.315. The monoisotopic (exact) mass is 368 g/mol. The van der Waals surface area contributed by atoms with E-state index in [1.54, 1.807) is 0 Å². The molecule has 5 heteroatoms. The predicted octanol–water partition coefficient (Wildman–Crippen LogP) is 6.53. The maximum atomic E-state index is 5.15. The fourth-order valence-electron chi connectivity index (χ4n) is 3.23. The highest BCUT2D eigenvalue weighted by molar-refractivity contribution is 7.16. The third kappa shape index (κ3) is 2.37. The van der Waals surface area contributed by atoms with Crippen molar-refractivity contribution in [2.45, 2.75) is 41.5 Å². The largest absolute Gasteiger partial charge is 0.243 e. The standard InChI is InChI=1S/C20H20N2OS2/c1-9-11(3)19(24-13(9)5)15-7-8-16(18-17(15)21-23-22-18)20-12(4)10(2)14(6)25-20/h7-8H,1-6H3. The van der Waals surface area contributed by atoms with Gasteiger partial charge in [0.15, 0.2) is 0 Å². The summed E-state index contributed by atoms with van der Waals surface area (Å²) in [5.74, 6) is 0. The fraction of sp³-hybridized carbons (Fsp3) is 0.300. The molecule has 3 aromatic heterocycles. The van der Waals surface area contributed by atoms with E-state index in [1.165, 1.54) is 41.8 Å². The molecule has 0 aliphatic rings. The van der Waals surface area contributed by atoms with E-state index in [-0.39, 0.29) is 0 Å². The molecule has 0 fully saturated rings. The van der Waals surface area contributed by atoms with Gasteiger partial charge in [0.25, 0.3) is 0 Å². The van der Waals surface area contributed by atoms with E-state index in [2.05, 4.69) is 64.0 Å². The van der Waals surface area contributed by atoms with Gasteiger partial charge in [-0.2, -0.15) is 0 Å². The second-order valence-corrected chi connectivity index (χ2v) is 9.05. The lowest BCUT2D eigenvalue weighted by Gasteiger charge is -2.05. The minimum atomic E-state index is 0.852. The summed E-state index contributed by atoms with van der Waals surface area (Å²) >= 11 is 3.63. The molecule has 0 bridgehead atoms. The number of rotatable bonds is 2. The first-order chi connectivity index (χ1) is 11.9. The van der Waals surface area contributed by atoms with E-state index < -0.39 is 0 Å². The lowest BCUT2D eigenvalue weighted by atomic mass is 10.0. The summed E-state index contributed by atoms with van der Waals surface area (Å²) in [5.41, 5.74) is 9.28. The van der Waals surface area contributed by atoms with Gasteiger partial charge in [0, 0.05) is 30.6 Å². The van der Waals surface area contributed by atoms with Crippen LogP contribution < -0.4 is 0 Å². The third-order valence-electron chi connectivity index (χ3n) is 5.28. The summed E-state index contributed by atoms with van der Waals surface area (Å²) in [7, 11) is 0. The number of thiophene rings is 2. The van der Waals surface area contributed by atoms with Crippen LogP contribution in [0.25, 0.3) is 31.9 Å². The normalized spacial score (nSPS) is 11.6. The minimum Gasteiger partial charge on any atom is -0.243 e. The van der Waals surface area contributed by atoms with Crippen molar-refractivity contribution in [3.05, 3.63) is 44.1 Å². The van der Waals surface area contributed by atoms with Crippen LogP contribution in [-0.2, 0) is 0 Å². The van der Waals surface area contributed by atoms with Gasteiger partial charge in [0.1, 0.15) is 11.0 Å². The Morgan fingerprint density at radius 1 is 0.640 bits per heavy atom. The number of benzene rings is 1. The molecule has 0 saturated carbocycles. The summed E-state index contributed by atoms with van der Waals surface area (Å²) < 4.78 is 5.15. The maximum Gasteiger partial charge on any atom is 0.144 e. The van der Waals surface area contributed by atoms with E-state index in [0.717, 1.165) is 22.2 Å². The van der Waals surface area contributed by atoms with Crippen molar-refractivity contribution in [3.63, 3.8) is 0 Å². The number of hydrogen-bond acceptors (Lipinski definition) is 5. The van der Waals surface area contributed by atoms with Gasteiger partial charge in [-0.1, -0.05) is 12.1 Å². The molecule has 0 atom stereocenters. The van der Waals surface area contributed by atoms with Crippen molar-refractivity contribution in [1.29, 1.82) is 0 Å². The molecule has 0 aliphatic carbocycles. The molecule has 4 aromatic rings. The Morgan fingerprint density at radius 3 is 1.36 bits per heavy atom.